The minimum atomic E-state index is -7.62. The molecule has 1 heterocycles. The molecule has 0 unspecified atom stereocenters. The Morgan fingerprint density at radius 3 is 1.43 bits per heavy atom. The second-order valence-corrected chi connectivity index (χ2v) is 8.89. The molecule has 178 valence electrons. The Hall–Kier alpha value is -1.63. The van der Waals surface area contributed by atoms with E-state index in [4.69, 9.17) is 0 Å². The van der Waals surface area contributed by atoms with Crippen molar-refractivity contribution in [1.29, 1.82) is 0 Å². The van der Waals surface area contributed by atoms with Crippen molar-refractivity contribution in [2.45, 2.75) is 42.8 Å². The molecule has 0 radical (unpaired) electrons. The summed E-state index contributed by atoms with van der Waals surface area (Å²) < 4.78 is 165. The van der Waals surface area contributed by atoms with Crippen molar-refractivity contribution < 1.29 is 65.3 Å². The van der Waals surface area contributed by atoms with Gasteiger partial charge in [0.1, 0.15) is 12.4 Å². The van der Waals surface area contributed by atoms with Crippen LogP contribution in [0.2, 0.25) is 0 Å². The molecular weight excluding hydrogens is 492 g/mol. The Morgan fingerprint density at radius 2 is 1.20 bits per heavy atom. The molecule has 30 heavy (non-hydrogen) atoms. The lowest BCUT2D eigenvalue weighted by atomic mass is 10.5. The van der Waals surface area contributed by atoms with Crippen molar-refractivity contribution in [3.63, 3.8) is 0 Å². The lowest BCUT2D eigenvalue weighted by Crippen LogP contribution is -2.48. The maximum absolute atomic E-state index is 12.3. The number of imidazole rings is 1. The van der Waals surface area contributed by atoms with E-state index in [0.29, 0.717) is 4.13 Å². The van der Waals surface area contributed by atoms with Crippen LogP contribution in [-0.2, 0) is 33.6 Å². The molecular formula is C11H13F10N3O4S2. The zero-order chi connectivity index (χ0) is 24.4. The van der Waals surface area contributed by atoms with Gasteiger partial charge in [-0.2, -0.15) is 43.9 Å². The quantitative estimate of drug-likeness (QED) is 0.439. The highest BCUT2D eigenvalue weighted by atomic mass is 32.3. The van der Waals surface area contributed by atoms with Gasteiger partial charge in [-0.05, 0) is 6.42 Å². The Kier molecular flexibility index (Phi) is 8.37. The first-order chi connectivity index (χ1) is 13.0. The van der Waals surface area contributed by atoms with Gasteiger partial charge in [-0.1, -0.05) is 6.92 Å². The largest absolute Gasteiger partial charge is 0.467 e. The van der Waals surface area contributed by atoms with Gasteiger partial charge in [-0.25, -0.2) is 26.0 Å². The normalized spacial score (nSPS) is 14.3. The molecule has 0 aliphatic carbocycles. The van der Waals surface area contributed by atoms with Gasteiger partial charge in [-0.15, -0.1) is 0 Å². The Labute approximate surface area is 163 Å². The van der Waals surface area contributed by atoms with Crippen molar-refractivity contribution in [1.82, 2.24) is 4.57 Å². The number of halogens is 10. The summed E-state index contributed by atoms with van der Waals surface area (Å²) in [7, 11) is -13.2. The maximum atomic E-state index is 12.3. The molecule has 1 aromatic heterocycles. The van der Waals surface area contributed by atoms with Crippen molar-refractivity contribution in [2.24, 2.45) is 7.05 Å². The fraction of sp³-hybridized carbons (Fsp3) is 0.727. The van der Waals surface area contributed by atoms with E-state index in [1.807, 2.05) is 7.05 Å². The molecule has 0 fully saturated rings. The number of aryl methyl sites for hydroxylation is 2. The zero-order valence-electron chi connectivity index (χ0n) is 14.7. The first-order valence-corrected chi connectivity index (χ1v) is 10.0. The molecule has 0 bridgehead atoms. The summed E-state index contributed by atoms with van der Waals surface area (Å²) in [5.41, 5.74) is 0. The van der Waals surface area contributed by atoms with Crippen molar-refractivity contribution in [3.8, 4) is 0 Å². The Balaban J connectivity index is 0.000000769. The van der Waals surface area contributed by atoms with E-state index in [-0.39, 0.29) is 0 Å². The summed E-state index contributed by atoms with van der Waals surface area (Å²) in [6.07, 6.45) is -6.58. The minimum absolute atomic E-state index is 0.422. The maximum Gasteiger partial charge on any atom is 0.467 e. The van der Waals surface area contributed by atoms with Gasteiger partial charge in [0.05, 0.1) is 13.6 Å². The molecule has 0 aliphatic heterocycles. The monoisotopic (exact) mass is 505 g/mol. The molecule has 0 N–H and O–H groups in total. The summed E-state index contributed by atoms with van der Waals surface area (Å²) in [6.45, 7) is 3.31. The fourth-order valence-electron chi connectivity index (χ4n) is 1.41. The van der Waals surface area contributed by atoms with Gasteiger partial charge in [0.2, 0.25) is 6.33 Å². The molecule has 0 aliphatic rings. The second-order valence-electron chi connectivity index (χ2n) is 5.37. The average Bonchev–Trinajstić information content (AvgIpc) is 2.90. The predicted octanol–water partition coefficient (Wildman–Crippen LogP) is 3.05. The molecule has 0 aromatic carbocycles. The van der Waals surface area contributed by atoms with Crippen molar-refractivity contribution in [3.05, 3.63) is 22.8 Å². The highest BCUT2D eigenvalue weighted by molar-refractivity contribution is 8.13. The number of sulfonamides is 2. The smallest absolute Gasteiger partial charge is 0.425 e. The van der Waals surface area contributed by atoms with E-state index in [0.717, 1.165) is 6.54 Å². The summed E-state index contributed by atoms with van der Waals surface area (Å²) in [6, 6.07) is 0. The number of hydrogen-bond donors (Lipinski definition) is 0. The zero-order valence-corrected chi connectivity index (χ0v) is 16.4. The van der Waals surface area contributed by atoms with Crippen LogP contribution in [0.25, 0.3) is 4.13 Å². The van der Waals surface area contributed by atoms with Gasteiger partial charge in [0.15, 0.2) is 20.0 Å². The van der Waals surface area contributed by atoms with Crippen LogP contribution in [0.5, 0.6) is 0 Å². The van der Waals surface area contributed by atoms with E-state index in [9.17, 15) is 60.7 Å². The van der Waals surface area contributed by atoms with Crippen LogP contribution in [-0.4, -0.2) is 44.3 Å². The first-order valence-electron chi connectivity index (χ1n) is 7.17. The Morgan fingerprint density at radius 1 is 0.833 bits per heavy atom. The molecule has 19 heteroatoms. The van der Waals surface area contributed by atoms with Crippen LogP contribution in [0.3, 0.4) is 0 Å². The van der Waals surface area contributed by atoms with Crippen LogP contribution in [0.1, 0.15) is 13.3 Å². The lowest BCUT2D eigenvalue weighted by molar-refractivity contribution is -0.671. The molecule has 7 nitrogen and oxygen atoms in total. The van der Waals surface area contributed by atoms with Crippen LogP contribution in [0, 0.1) is 0 Å². The minimum Gasteiger partial charge on any atom is -0.425 e. The number of aromatic nitrogens is 2. The third-order valence-corrected chi connectivity index (χ3v) is 6.14. The topological polar surface area (TPSA) is 91.2 Å². The third kappa shape index (κ3) is 6.19. The highest BCUT2D eigenvalue weighted by Gasteiger charge is 2.68. The van der Waals surface area contributed by atoms with E-state index in [2.05, 4.69) is 34.8 Å². The number of rotatable bonds is 6. The first kappa shape index (κ1) is 28.4. The summed E-state index contributed by atoms with van der Waals surface area (Å²) in [4.78, 5) is 0. The standard InChI is InChI=1S/C7H13N2.C4F10NO4S2/c1-3-4-9-6-5-8(2)7-9;5-1(6,7)3(11,12)20(16,17)15-21(18,19)4(13,14)2(8,9)10/h5-7H,3-4H2,1-2H3;/q+1;-1. The number of alkyl halides is 10. The van der Waals surface area contributed by atoms with Crippen LogP contribution in [0.4, 0.5) is 43.9 Å². The molecule has 0 atom stereocenters. The lowest BCUT2D eigenvalue weighted by Gasteiger charge is -2.31. The highest BCUT2D eigenvalue weighted by Crippen LogP contribution is 2.47. The van der Waals surface area contributed by atoms with Gasteiger partial charge in [0.25, 0.3) is 0 Å². The predicted molar refractivity (Wildman–Crippen MR) is 79.1 cm³/mol. The van der Waals surface area contributed by atoms with Gasteiger partial charge in [-0.3, -0.25) is 0 Å². The van der Waals surface area contributed by atoms with Crippen LogP contribution in [0.15, 0.2) is 18.7 Å². The summed E-state index contributed by atoms with van der Waals surface area (Å²) in [5, 5.41) is -14.0. The van der Waals surface area contributed by atoms with E-state index in [1.54, 1.807) is 0 Å². The molecule has 1 rings (SSSR count). The summed E-state index contributed by atoms with van der Waals surface area (Å²) in [5.74, 6) is 0. The molecule has 0 amide bonds. The number of hydrogen-bond acceptors (Lipinski definition) is 4. The molecule has 0 spiro atoms. The Bertz CT molecular complexity index is 866. The number of nitrogens with zero attached hydrogens (tertiary/aromatic N) is 3. The fourth-order valence-corrected chi connectivity index (χ4v) is 3.77. The molecule has 0 saturated heterocycles. The van der Waals surface area contributed by atoms with E-state index >= 15 is 0 Å². The van der Waals surface area contributed by atoms with Crippen LogP contribution < -0.4 is 4.57 Å². The van der Waals surface area contributed by atoms with E-state index < -0.39 is 42.9 Å². The SMILES string of the molecule is CCCn1cc[n+](C)c1.O=S(=O)([N-]S(=O)(=O)C(F)(F)C(F)(F)F)C(F)(F)C(F)(F)F. The van der Waals surface area contributed by atoms with Crippen molar-refractivity contribution >= 4 is 20.0 Å². The average molecular weight is 505 g/mol. The van der Waals surface area contributed by atoms with Gasteiger partial charge in [0, 0.05) is 0 Å². The van der Waals surface area contributed by atoms with Gasteiger partial charge < -0.3 is 4.13 Å². The summed E-state index contributed by atoms with van der Waals surface area (Å²) >= 11 is 0. The molecule has 0 saturated carbocycles. The van der Waals surface area contributed by atoms with Gasteiger partial charge >= 0.3 is 22.9 Å². The molecule has 1 aromatic rings. The van der Waals surface area contributed by atoms with Crippen molar-refractivity contribution in [2.75, 3.05) is 0 Å². The second kappa shape index (κ2) is 8.85. The third-order valence-electron chi connectivity index (χ3n) is 2.81. The van der Waals surface area contributed by atoms with Crippen LogP contribution >= 0.6 is 0 Å². The van der Waals surface area contributed by atoms with E-state index in [1.165, 1.54) is 6.42 Å².